The highest BCUT2D eigenvalue weighted by molar-refractivity contribution is 5.77. The molecular weight excluding hydrogens is 346 g/mol. The molecule has 2 aromatic heterocycles. The highest BCUT2D eigenvalue weighted by atomic mass is 16.5. The second kappa shape index (κ2) is 7.90. The van der Waals surface area contributed by atoms with E-state index < -0.39 is 0 Å². The van der Waals surface area contributed by atoms with Crippen LogP contribution in [0.5, 0.6) is 5.75 Å². The lowest BCUT2D eigenvalue weighted by Crippen LogP contribution is -2.24. The van der Waals surface area contributed by atoms with Gasteiger partial charge in [-0.25, -0.2) is 0 Å². The number of benzene rings is 1. The molecule has 3 aromatic rings. The van der Waals surface area contributed by atoms with Gasteiger partial charge in [0.1, 0.15) is 11.5 Å². The summed E-state index contributed by atoms with van der Waals surface area (Å²) in [7, 11) is 1.56. The summed E-state index contributed by atoms with van der Waals surface area (Å²) >= 11 is 0. The van der Waals surface area contributed by atoms with E-state index in [0.29, 0.717) is 12.3 Å². The SMILES string of the molecule is CNC(=O)COc1ccc(Cn2cc(-c3c(C)noc3C)ccc2=O)cc1. The van der Waals surface area contributed by atoms with Gasteiger partial charge < -0.3 is 19.1 Å². The summed E-state index contributed by atoms with van der Waals surface area (Å²) in [6.07, 6.45) is 1.81. The van der Waals surface area contributed by atoms with Crippen molar-refractivity contribution in [2.75, 3.05) is 13.7 Å². The lowest BCUT2D eigenvalue weighted by atomic mass is 10.1. The summed E-state index contributed by atoms with van der Waals surface area (Å²) in [5, 5.41) is 6.47. The number of aromatic nitrogens is 2. The van der Waals surface area contributed by atoms with E-state index in [0.717, 1.165) is 28.1 Å². The summed E-state index contributed by atoms with van der Waals surface area (Å²) < 4.78 is 12.2. The summed E-state index contributed by atoms with van der Waals surface area (Å²) in [5.74, 6) is 1.12. The molecule has 2 heterocycles. The van der Waals surface area contributed by atoms with Gasteiger partial charge in [0.2, 0.25) is 0 Å². The predicted molar refractivity (Wildman–Crippen MR) is 101 cm³/mol. The van der Waals surface area contributed by atoms with Crippen LogP contribution < -0.4 is 15.6 Å². The molecule has 3 rings (SSSR count). The highest BCUT2D eigenvalue weighted by Gasteiger charge is 2.12. The Morgan fingerprint density at radius 3 is 2.56 bits per heavy atom. The van der Waals surface area contributed by atoms with Gasteiger partial charge in [0.05, 0.1) is 12.2 Å². The summed E-state index contributed by atoms with van der Waals surface area (Å²) in [4.78, 5) is 23.5. The quantitative estimate of drug-likeness (QED) is 0.722. The van der Waals surface area contributed by atoms with Crippen LogP contribution in [-0.4, -0.2) is 29.3 Å². The van der Waals surface area contributed by atoms with E-state index >= 15 is 0 Å². The molecule has 1 aromatic carbocycles. The molecule has 1 N–H and O–H groups in total. The number of hydrogen-bond donors (Lipinski definition) is 1. The number of nitrogens with zero attached hydrogens (tertiary/aromatic N) is 2. The third-order valence-electron chi connectivity index (χ3n) is 4.23. The Hall–Kier alpha value is -3.35. The van der Waals surface area contributed by atoms with Gasteiger partial charge in [0, 0.05) is 30.4 Å². The fourth-order valence-electron chi connectivity index (χ4n) is 2.81. The van der Waals surface area contributed by atoms with Crippen LogP contribution in [0.2, 0.25) is 0 Å². The first-order chi connectivity index (χ1) is 13.0. The smallest absolute Gasteiger partial charge is 0.257 e. The molecule has 7 nitrogen and oxygen atoms in total. The van der Waals surface area contributed by atoms with E-state index in [9.17, 15) is 9.59 Å². The molecule has 0 saturated carbocycles. The lowest BCUT2D eigenvalue weighted by molar-refractivity contribution is -0.122. The third kappa shape index (κ3) is 4.25. The van der Waals surface area contributed by atoms with Gasteiger partial charge in [0.15, 0.2) is 6.61 Å². The van der Waals surface area contributed by atoms with E-state index in [1.54, 1.807) is 35.9 Å². The number of pyridine rings is 1. The number of nitrogens with one attached hydrogen (secondary N) is 1. The predicted octanol–water partition coefficient (Wildman–Crippen LogP) is 2.29. The topological polar surface area (TPSA) is 86.4 Å². The number of aryl methyl sites for hydroxylation is 2. The number of carbonyl (C=O) groups is 1. The van der Waals surface area contributed by atoms with Crippen molar-refractivity contribution in [1.82, 2.24) is 15.0 Å². The minimum absolute atomic E-state index is 0.0329. The van der Waals surface area contributed by atoms with Gasteiger partial charge >= 0.3 is 0 Å². The van der Waals surface area contributed by atoms with E-state index in [-0.39, 0.29) is 18.1 Å². The highest BCUT2D eigenvalue weighted by Crippen LogP contribution is 2.25. The molecule has 1 amide bonds. The van der Waals surface area contributed by atoms with Gasteiger partial charge in [-0.15, -0.1) is 0 Å². The van der Waals surface area contributed by atoms with Crippen LogP contribution in [0.1, 0.15) is 17.0 Å². The average molecular weight is 367 g/mol. The van der Waals surface area contributed by atoms with Crippen LogP contribution in [0.15, 0.2) is 51.9 Å². The fraction of sp³-hybridized carbons (Fsp3) is 0.250. The van der Waals surface area contributed by atoms with Gasteiger partial charge in [-0.1, -0.05) is 17.3 Å². The van der Waals surface area contributed by atoms with E-state index in [4.69, 9.17) is 9.26 Å². The Labute approximate surface area is 156 Å². The van der Waals surface area contributed by atoms with E-state index in [1.807, 2.05) is 32.2 Å². The molecule has 0 radical (unpaired) electrons. The standard InChI is InChI=1S/C20H21N3O4/c1-13-20(14(2)27-22-13)16-6-9-19(25)23(11-16)10-15-4-7-17(8-5-15)26-12-18(24)21-3/h4-9,11H,10,12H2,1-3H3,(H,21,24). The Balaban J connectivity index is 1.78. The Morgan fingerprint density at radius 1 is 1.19 bits per heavy atom. The minimum atomic E-state index is -0.193. The van der Waals surface area contributed by atoms with Crippen molar-refractivity contribution in [2.45, 2.75) is 20.4 Å². The molecular formula is C20H21N3O4. The molecule has 27 heavy (non-hydrogen) atoms. The summed E-state index contributed by atoms with van der Waals surface area (Å²) in [6, 6.07) is 10.6. The Kier molecular flexibility index (Phi) is 5.40. The maximum absolute atomic E-state index is 12.2. The first-order valence-electron chi connectivity index (χ1n) is 8.54. The Morgan fingerprint density at radius 2 is 1.93 bits per heavy atom. The van der Waals surface area contributed by atoms with Gasteiger partial charge in [-0.2, -0.15) is 0 Å². The average Bonchev–Trinajstić information content (AvgIpc) is 3.01. The third-order valence-corrected chi connectivity index (χ3v) is 4.23. The molecule has 0 aliphatic heterocycles. The van der Waals surface area contributed by atoms with Crippen LogP contribution >= 0.6 is 0 Å². The number of hydrogen-bond acceptors (Lipinski definition) is 5. The molecule has 0 bridgehead atoms. The van der Waals surface area contributed by atoms with Crippen molar-refractivity contribution < 1.29 is 14.1 Å². The van der Waals surface area contributed by atoms with Crippen LogP contribution in [0.3, 0.4) is 0 Å². The zero-order chi connectivity index (χ0) is 19.4. The van der Waals surface area contributed by atoms with E-state index in [1.165, 1.54) is 0 Å². The molecule has 0 unspecified atom stereocenters. The maximum Gasteiger partial charge on any atom is 0.257 e. The first kappa shape index (κ1) is 18.4. The molecule has 0 fully saturated rings. The van der Waals surface area contributed by atoms with Gasteiger partial charge in [-0.3, -0.25) is 9.59 Å². The van der Waals surface area contributed by atoms with Crippen molar-refractivity contribution in [3.05, 3.63) is 70.0 Å². The molecule has 0 aliphatic rings. The van der Waals surface area contributed by atoms with Crippen molar-refractivity contribution in [1.29, 1.82) is 0 Å². The maximum atomic E-state index is 12.2. The molecule has 0 aliphatic carbocycles. The number of ether oxygens (including phenoxy) is 1. The van der Waals surface area contributed by atoms with Crippen LogP contribution in [-0.2, 0) is 11.3 Å². The number of amides is 1. The number of likely N-dealkylation sites (N-methyl/N-ethyl adjacent to an activating group) is 1. The van der Waals surface area contributed by atoms with Crippen molar-refractivity contribution >= 4 is 5.91 Å². The summed E-state index contributed by atoms with van der Waals surface area (Å²) in [5.41, 5.74) is 3.43. The second-order valence-electron chi connectivity index (χ2n) is 6.19. The van der Waals surface area contributed by atoms with Crippen LogP contribution in [0.4, 0.5) is 0 Å². The summed E-state index contributed by atoms with van der Waals surface area (Å²) in [6.45, 7) is 4.11. The Bertz CT molecular complexity index is 983. The zero-order valence-corrected chi connectivity index (χ0v) is 15.5. The van der Waals surface area contributed by atoms with Crippen molar-refractivity contribution in [3.63, 3.8) is 0 Å². The number of rotatable bonds is 6. The molecule has 0 atom stereocenters. The second-order valence-corrected chi connectivity index (χ2v) is 6.19. The largest absolute Gasteiger partial charge is 0.484 e. The molecule has 0 spiro atoms. The zero-order valence-electron chi connectivity index (χ0n) is 15.5. The normalized spacial score (nSPS) is 10.6. The molecule has 7 heteroatoms. The van der Waals surface area contributed by atoms with Crippen LogP contribution in [0.25, 0.3) is 11.1 Å². The van der Waals surface area contributed by atoms with Crippen molar-refractivity contribution in [2.24, 2.45) is 0 Å². The first-order valence-corrected chi connectivity index (χ1v) is 8.54. The number of carbonyl (C=O) groups excluding carboxylic acids is 1. The molecule has 0 saturated heterocycles. The molecule has 140 valence electrons. The lowest BCUT2D eigenvalue weighted by Gasteiger charge is -2.10. The van der Waals surface area contributed by atoms with E-state index in [2.05, 4.69) is 10.5 Å². The van der Waals surface area contributed by atoms with Gasteiger partial charge in [-0.05, 0) is 37.6 Å². The van der Waals surface area contributed by atoms with Gasteiger partial charge in [0.25, 0.3) is 11.5 Å². The van der Waals surface area contributed by atoms with Crippen LogP contribution in [0, 0.1) is 13.8 Å². The monoisotopic (exact) mass is 367 g/mol. The fourth-order valence-corrected chi connectivity index (χ4v) is 2.81. The minimum Gasteiger partial charge on any atom is -0.484 e. The van der Waals surface area contributed by atoms with Crippen molar-refractivity contribution in [3.8, 4) is 16.9 Å².